The average molecular weight is 196 g/mol. The van der Waals surface area contributed by atoms with Gasteiger partial charge >= 0.3 is 0 Å². The second-order valence-corrected chi connectivity index (χ2v) is 5.27. The summed E-state index contributed by atoms with van der Waals surface area (Å²) in [6, 6.07) is 0. The normalized spacial score (nSPS) is 21.0. The van der Waals surface area contributed by atoms with E-state index in [0.29, 0.717) is 0 Å². The highest BCUT2D eigenvalue weighted by Crippen LogP contribution is 2.44. The number of rotatable bonds is 6. The lowest BCUT2D eigenvalue weighted by Gasteiger charge is -2.37. The SMILES string of the molecule is CCCCC1(CCCC)CCCCC1. The van der Waals surface area contributed by atoms with Crippen LogP contribution in [0.4, 0.5) is 0 Å². The van der Waals surface area contributed by atoms with Crippen LogP contribution in [0, 0.1) is 5.41 Å². The zero-order valence-electron chi connectivity index (χ0n) is 10.3. The Kier molecular flexibility index (Phi) is 5.59. The molecule has 0 nitrogen and oxygen atoms in total. The van der Waals surface area contributed by atoms with E-state index in [0.717, 1.165) is 5.41 Å². The molecule has 0 aromatic heterocycles. The molecule has 0 bridgehead atoms. The van der Waals surface area contributed by atoms with Crippen LogP contribution in [0.15, 0.2) is 0 Å². The lowest BCUT2D eigenvalue weighted by Crippen LogP contribution is -2.24. The molecule has 0 aromatic carbocycles. The Hall–Kier alpha value is 0. The van der Waals surface area contributed by atoms with E-state index in [4.69, 9.17) is 0 Å². The Morgan fingerprint density at radius 3 is 1.71 bits per heavy atom. The molecular weight excluding hydrogens is 168 g/mol. The lowest BCUT2D eigenvalue weighted by molar-refractivity contribution is 0.149. The van der Waals surface area contributed by atoms with Crippen molar-refractivity contribution in [1.82, 2.24) is 0 Å². The zero-order valence-corrected chi connectivity index (χ0v) is 10.3. The van der Waals surface area contributed by atoms with Gasteiger partial charge in [-0.15, -0.1) is 0 Å². The van der Waals surface area contributed by atoms with E-state index in [9.17, 15) is 0 Å². The van der Waals surface area contributed by atoms with Crippen LogP contribution in [-0.4, -0.2) is 0 Å². The molecule has 0 aromatic rings. The van der Waals surface area contributed by atoms with Crippen molar-refractivity contribution in [3.63, 3.8) is 0 Å². The Labute approximate surface area is 90.5 Å². The molecule has 1 aliphatic rings. The third-order valence-electron chi connectivity index (χ3n) is 4.04. The van der Waals surface area contributed by atoms with Gasteiger partial charge in [-0.05, 0) is 31.1 Å². The van der Waals surface area contributed by atoms with Gasteiger partial charge < -0.3 is 0 Å². The number of hydrogen-bond donors (Lipinski definition) is 0. The highest BCUT2D eigenvalue weighted by Gasteiger charge is 2.30. The molecule has 0 radical (unpaired) electrons. The summed E-state index contributed by atoms with van der Waals surface area (Å²) >= 11 is 0. The summed E-state index contributed by atoms with van der Waals surface area (Å²) < 4.78 is 0. The fourth-order valence-corrected chi connectivity index (χ4v) is 3.03. The lowest BCUT2D eigenvalue weighted by atomic mass is 9.68. The molecule has 0 aliphatic heterocycles. The molecule has 0 unspecified atom stereocenters. The smallest absolute Gasteiger partial charge is 0.0297 e. The summed E-state index contributed by atoms with van der Waals surface area (Å²) in [4.78, 5) is 0. The van der Waals surface area contributed by atoms with Crippen molar-refractivity contribution in [2.24, 2.45) is 5.41 Å². The van der Waals surface area contributed by atoms with Gasteiger partial charge in [-0.3, -0.25) is 0 Å². The fourth-order valence-electron chi connectivity index (χ4n) is 3.03. The first kappa shape index (κ1) is 12.1. The van der Waals surface area contributed by atoms with Crippen molar-refractivity contribution < 1.29 is 0 Å². The van der Waals surface area contributed by atoms with Crippen LogP contribution in [0.2, 0.25) is 0 Å². The van der Waals surface area contributed by atoms with Gasteiger partial charge in [0.05, 0.1) is 0 Å². The minimum Gasteiger partial charge on any atom is -0.0654 e. The van der Waals surface area contributed by atoms with Crippen molar-refractivity contribution in [3.8, 4) is 0 Å². The summed E-state index contributed by atoms with van der Waals surface area (Å²) in [6.07, 6.45) is 16.3. The summed E-state index contributed by atoms with van der Waals surface area (Å²) in [5, 5.41) is 0. The highest BCUT2D eigenvalue weighted by molar-refractivity contribution is 4.82. The molecule has 0 saturated heterocycles. The quantitative estimate of drug-likeness (QED) is 0.539. The van der Waals surface area contributed by atoms with Crippen molar-refractivity contribution in [3.05, 3.63) is 0 Å². The molecule has 0 spiro atoms. The number of hydrogen-bond acceptors (Lipinski definition) is 0. The van der Waals surface area contributed by atoms with Crippen LogP contribution in [0.25, 0.3) is 0 Å². The van der Waals surface area contributed by atoms with E-state index in [-0.39, 0.29) is 0 Å². The molecule has 14 heavy (non-hydrogen) atoms. The van der Waals surface area contributed by atoms with Crippen LogP contribution in [0.3, 0.4) is 0 Å². The molecule has 1 fully saturated rings. The van der Waals surface area contributed by atoms with E-state index in [1.165, 1.54) is 70.6 Å². The summed E-state index contributed by atoms with van der Waals surface area (Å²) in [7, 11) is 0. The molecule has 0 atom stereocenters. The molecule has 0 heteroatoms. The predicted molar refractivity (Wildman–Crippen MR) is 64.6 cm³/mol. The van der Waals surface area contributed by atoms with E-state index >= 15 is 0 Å². The Balaban J connectivity index is 2.39. The maximum Gasteiger partial charge on any atom is -0.0297 e. The summed E-state index contributed by atoms with van der Waals surface area (Å²) in [5.41, 5.74) is 0.782. The molecule has 1 rings (SSSR count). The van der Waals surface area contributed by atoms with Crippen LogP contribution in [0.5, 0.6) is 0 Å². The number of unbranched alkanes of at least 4 members (excludes halogenated alkanes) is 2. The third kappa shape index (κ3) is 3.63. The second kappa shape index (κ2) is 6.48. The van der Waals surface area contributed by atoms with E-state index in [1.54, 1.807) is 0 Å². The van der Waals surface area contributed by atoms with Gasteiger partial charge in [0.1, 0.15) is 0 Å². The first-order valence-corrected chi connectivity index (χ1v) is 6.83. The summed E-state index contributed by atoms with van der Waals surface area (Å²) in [5.74, 6) is 0. The molecule has 0 heterocycles. The molecule has 1 saturated carbocycles. The second-order valence-electron chi connectivity index (χ2n) is 5.27. The topological polar surface area (TPSA) is 0 Å². The maximum atomic E-state index is 2.33. The van der Waals surface area contributed by atoms with Gasteiger partial charge in [-0.1, -0.05) is 58.8 Å². The maximum absolute atomic E-state index is 2.33. The molecule has 0 amide bonds. The van der Waals surface area contributed by atoms with Crippen LogP contribution in [0.1, 0.15) is 84.5 Å². The fraction of sp³-hybridized carbons (Fsp3) is 1.00. The predicted octanol–water partition coefficient (Wildman–Crippen LogP) is 5.32. The van der Waals surface area contributed by atoms with Crippen molar-refractivity contribution in [2.75, 3.05) is 0 Å². The van der Waals surface area contributed by atoms with Gasteiger partial charge in [-0.2, -0.15) is 0 Å². The monoisotopic (exact) mass is 196 g/mol. The van der Waals surface area contributed by atoms with E-state index in [1.807, 2.05) is 0 Å². The van der Waals surface area contributed by atoms with Crippen molar-refractivity contribution in [2.45, 2.75) is 84.5 Å². The zero-order chi connectivity index (χ0) is 10.3. The van der Waals surface area contributed by atoms with Gasteiger partial charge in [0.25, 0.3) is 0 Å². The summed E-state index contributed by atoms with van der Waals surface area (Å²) in [6.45, 7) is 4.66. The first-order chi connectivity index (χ1) is 6.83. The van der Waals surface area contributed by atoms with Crippen LogP contribution in [-0.2, 0) is 0 Å². The van der Waals surface area contributed by atoms with E-state index in [2.05, 4.69) is 13.8 Å². The minimum atomic E-state index is 0.782. The Morgan fingerprint density at radius 1 is 0.786 bits per heavy atom. The Bertz CT molecular complexity index is 121. The van der Waals surface area contributed by atoms with Gasteiger partial charge in [0.15, 0.2) is 0 Å². The van der Waals surface area contributed by atoms with Crippen molar-refractivity contribution >= 4 is 0 Å². The van der Waals surface area contributed by atoms with Gasteiger partial charge in [-0.25, -0.2) is 0 Å². The largest absolute Gasteiger partial charge is 0.0654 e. The van der Waals surface area contributed by atoms with Crippen LogP contribution >= 0.6 is 0 Å². The van der Waals surface area contributed by atoms with E-state index < -0.39 is 0 Å². The first-order valence-electron chi connectivity index (χ1n) is 6.83. The van der Waals surface area contributed by atoms with Gasteiger partial charge in [0, 0.05) is 0 Å². The molecule has 0 N–H and O–H groups in total. The van der Waals surface area contributed by atoms with Gasteiger partial charge in [0.2, 0.25) is 0 Å². The molecular formula is C14H28. The van der Waals surface area contributed by atoms with Crippen LogP contribution < -0.4 is 0 Å². The van der Waals surface area contributed by atoms with Crippen molar-refractivity contribution in [1.29, 1.82) is 0 Å². The molecule has 1 aliphatic carbocycles. The minimum absolute atomic E-state index is 0.782. The Morgan fingerprint density at radius 2 is 1.29 bits per heavy atom. The highest BCUT2D eigenvalue weighted by atomic mass is 14.4. The molecule has 84 valence electrons. The third-order valence-corrected chi connectivity index (χ3v) is 4.04. The average Bonchev–Trinajstić information content (AvgIpc) is 2.25. The standard InChI is InChI=1S/C14H28/c1-3-5-10-14(11-6-4-2)12-8-7-9-13-14/h3-13H2,1-2H3.